The van der Waals surface area contributed by atoms with Crippen LogP contribution in [-0.4, -0.2) is 11.9 Å². The Morgan fingerprint density at radius 3 is 1.95 bits per heavy atom. The SMILES string of the molecule is CCCCCc1ccc(C(=O)[O-])c(CCCCC)c1C(=O)[O-]. The van der Waals surface area contributed by atoms with Crippen molar-refractivity contribution in [3.8, 4) is 0 Å². The van der Waals surface area contributed by atoms with Gasteiger partial charge >= 0.3 is 0 Å². The quantitative estimate of drug-likeness (QED) is 0.618. The maximum absolute atomic E-state index is 11.6. The Balaban J connectivity index is 3.21. The Morgan fingerprint density at radius 1 is 0.864 bits per heavy atom. The molecule has 0 fully saturated rings. The molecule has 0 amide bonds. The number of unbranched alkanes of at least 4 members (excludes halogenated alkanes) is 4. The van der Waals surface area contributed by atoms with Crippen LogP contribution in [0.1, 0.15) is 84.2 Å². The Hall–Kier alpha value is -1.84. The first-order valence-electron chi connectivity index (χ1n) is 8.10. The van der Waals surface area contributed by atoms with Crippen molar-refractivity contribution >= 4 is 11.9 Å². The molecular weight excluding hydrogens is 280 g/mol. The molecule has 1 aromatic rings. The Morgan fingerprint density at radius 2 is 1.45 bits per heavy atom. The molecule has 1 rings (SSSR count). The average Bonchev–Trinajstić information content (AvgIpc) is 2.47. The molecule has 0 aromatic heterocycles. The van der Waals surface area contributed by atoms with Crippen molar-refractivity contribution in [1.82, 2.24) is 0 Å². The molecule has 0 unspecified atom stereocenters. The van der Waals surface area contributed by atoms with E-state index in [-0.39, 0.29) is 11.1 Å². The summed E-state index contributed by atoms with van der Waals surface area (Å²) in [5.74, 6) is -2.62. The van der Waals surface area contributed by atoms with Crippen molar-refractivity contribution in [2.45, 2.75) is 65.2 Å². The first-order chi connectivity index (χ1) is 10.5. The summed E-state index contributed by atoms with van der Waals surface area (Å²) in [6.45, 7) is 4.12. The van der Waals surface area contributed by atoms with E-state index in [1.807, 2.05) is 6.92 Å². The zero-order valence-corrected chi connectivity index (χ0v) is 13.4. The van der Waals surface area contributed by atoms with Gasteiger partial charge in [-0.25, -0.2) is 0 Å². The molecule has 0 aliphatic carbocycles. The lowest BCUT2D eigenvalue weighted by molar-refractivity contribution is -0.255. The molecule has 4 nitrogen and oxygen atoms in total. The van der Waals surface area contributed by atoms with Gasteiger partial charge in [0.05, 0.1) is 11.9 Å². The van der Waals surface area contributed by atoms with Crippen molar-refractivity contribution in [3.05, 3.63) is 34.4 Å². The molecule has 0 heterocycles. The second-order valence-corrected chi connectivity index (χ2v) is 5.61. The first-order valence-corrected chi connectivity index (χ1v) is 8.10. The van der Waals surface area contributed by atoms with Crippen LogP contribution in [0.2, 0.25) is 0 Å². The molecule has 122 valence electrons. The van der Waals surface area contributed by atoms with Crippen molar-refractivity contribution in [1.29, 1.82) is 0 Å². The van der Waals surface area contributed by atoms with Gasteiger partial charge < -0.3 is 19.8 Å². The van der Waals surface area contributed by atoms with E-state index in [1.165, 1.54) is 6.07 Å². The van der Waals surface area contributed by atoms with E-state index >= 15 is 0 Å². The number of hydrogen-bond donors (Lipinski definition) is 0. The largest absolute Gasteiger partial charge is 0.545 e. The minimum absolute atomic E-state index is 0.0189. The van der Waals surface area contributed by atoms with Gasteiger partial charge in [-0.2, -0.15) is 0 Å². The highest BCUT2D eigenvalue weighted by atomic mass is 16.4. The number of aryl methyl sites for hydroxylation is 1. The van der Waals surface area contributed by atoms with Crippen LogP contribution in [0.5, 0.6) is 0 Å². The summed E-state index contributed by atoms with van der Waals surface area (Å²) < 4.78 is 0. The fourth-order valence-corrected chi connectivity index (χ4v) is 2.73. The summed E-state index contributed by atoms with van der Waals surface area (Å²) in [5.41, 5.74) is 1.08. The second kappa shape index (κ2) is 9.23. The number of carbonyl (C=O) groups is 2. The first kappa shape index (κ1) is 18.2. The van der Waals surface area contributed by atoms with Gasteiger partial charge in [0, 0.05) is 11.1 Å². The monoisotopic (exact) mass is 304 g/mol. The zero-order chi connectivity index (χ0) is 16.5. The molecule has 0 saturated carbocycles. The van der Waals surface area contributed by atoms with E-state index in [4.69, 9.17) is 0 Å². The molecule has 0 atom stereocenters. The molecule has 0 aliphatic heterocycles. The zero-order valence-electron chi connectivity index (χ0n) is 13.4. The van der Waals surface area contributed by atoms with E-state index in [1.54, 1.807) is 6.07 Å². The average molecular weight is 304 g/mol. The fraction of sp³-hybridized carbons (Fsp3) is 0.556. The standard InChI is InChI=1S/C18H26O4/c1-3-5-7-9-13-11-12-15(17(19)20)14(10-8-6-4-2)16(13)18(21)22/h11-12H,3-10H2,1-2H3,(H,19,20)(H,21,22)/p-2. The minimum atomic E-state index is -1.32. The van der Waals surface area contributed by atoms with Gasteiger partial charge in [0.1, 0.15) is 0 Å². The molecule has 0 radical (unpaired) electrons. The summed E-state index contributed by atoms with van der Waals surface area (Å²) in [6, 6.07) is 3.07. The van der Waals surface area contributed by atoms with Crippen LogP contribution in [0.25, 0.3) is 0 Å². The summed E-state index contributed by atoms with van der Waals surface area (Å²) in [6.07, 6.45) is 6.68. The van der Waals surface area contributed by atoms with Crippen LogP contribution in [0.15, 0.2) is 12.1 Å². The molecule has 0 spiro atoms. The molecule has 0 saturated heterocycles. The van der Waals surface area contributed by atoms with Gasteiger partial charge in [0.25, 0.3) is 0 Å². The van der Waals surface area contributed by atoms with Crippen LogP contribution in [0.4, 0.5) is 0 Å². The highest BCUT2D eigenvalue weighted by Crippen LogP contribution is 2.23. The number of carbonyl (C=O) groups excluding carboxylic acids is 2. The number of rotatable bonds is 10. The molecule has 0 aliphatic rings. The summed E-state index contributed by atoms with van der Waals surface area (Å²) in [4.78, 5) is 22.8. The third kappa shape index (κ3) is 4.86. The van der Waals surface area contributed by atoms with Crippen molar-refractivity contribution in [2.75, 3.05) is 0 Å². The number of hydrogen-bond acceptors (Lipinski definition) is 4. The van der Waals surface area contributed by atoms with Crippen LogP contribution >= 0.6 is 0 Å². The highest BCUT2D eigenvalue weighted by molar-refractivity contribution is 5.96. The van der Waals surface area contributed by atoms with Gasteiger partial charge in [-0.05, 0) is 36.8 Å². The number of aromatic carboxylic acids is 2. The minimum Gasteiger partial charge on any atom is -0.545 e. The molecule has 0 bridgehead atoms. The number of benzene rings is 1. The highest BCUT2D eigenvalue weighted by Gasteiger charge is 2.14. The number of carboxylic acids is 2. The van der Waals surface area contributed by atoms with Gasteiger partial charge in [-0.1, -0.05) is 51.7 Å². The van der Waals surface area contributed by atoms with Crippen molar-refractivity contribution in [2.24, 2.45) is 0 Å². The smallest absolute Gasteiger partial charge is 0.0721 e. The van der Waals surface area contributed by atoms with Gasteiger partial charge in [-0.3, -0.25) is 0 Å². The normalized spacial score (nSPS) is 10.6. The van der Waals surface area contributed by atoms with Crippen LogP contribution in [-0.2, 0) is 12.8 Å². The fourth-order valence-electron chi connectivity index (χ4n) is 2.73. The van der Waals surface area contributed by atoms with E-state index in [0.717, 1.165) is 38.5 Å². The van der Waals surface area contributed by atoms with E-state index in [9.17, 15) is 19.8 Å². The Labute approximate surface area is 132 Å². The Kier molecular flexibility index (Phi) is 7.64. The van der Waals surface area contributed by atoms with Gasteiger partial charge in [-0.15, -0.1) is 0 Å². The molecule has 0 N–H and O–H groups in total. The second-order valence-electron chi connectivity index (χ2n) is 5.61. The van der Waals surface area contributed by atoms with Gasteiger partial charge in [0.2, 0.25) is 0 Å². The van der Waals surface area contributed by atoms with Crippen LogP contribution < -0.4 is 10.2 Å². The van der Waals surface area contributed by atoms with Crippen molar-refractivity contribution < 1.29 is 19.8 Å². The van der Waals surface area contributed by atoms with Gasteiger partial charge in [0.15, 0.2) is 0 Å². The third-order valence-corrected chi connectivity index (χ3v) is 3.90. The predicted octanol–water partition coefficient (Wildman–Crippen LogP) is 1.88. The third-order valence-electron chi connectivity index (χ3n) is 3.90. The molecule has 1 aromatic carbocycles. The molecule has 22 heavy (non-hydrogen) atoms. The topological polar surface area (TPSA) is 80.3 Å². The van der Waals surface area contributed by atoms with Crippen LogP contribution in [0.3, 0.4) is 0 Å². The Bertz CT molecular complexity index is 520. The van der Waals surface area contributed by atoms with E-state index < -0.39 is 11.9 Å². The molecular formula is C18H24O4-2. The van der Waals surface area contributed by atoms with Crippen LogP contribution in [0, 0.1) is 0 Å². The summed E-state index contributed by atoms with van der Waals surface area (Å²) in [7, 11) is 0. The van der Waals surface area contributed by atoms with E-state index in [0.29, 0.717) is 24.0 Å². The maximum atomic E-state index is 11.6. The number of carboxylic acid groups (broad SMARTS) is 2. The predicted molar refractivity (Wildman–Crippen MR) is 81.6 cm³/mol. The summed E-state index contributed by atoms with van der Waals surface area (Å²) in [5, 5.41) is 22.8. The van der Waals surface area contributed by atoms with Crippen molar-refractivity contribution in [3.63, 3.8) is 0 Å². The summed E-state index contributed by atoms with van der Waals surface area (Å²) >= 11 is 0. The lowest BCUT2D eigenvalue weighted by atomic mass is 9.90. The lowest BCUT2D eigenvalue weighted by Gasteiger charge is -2.20. The van der Waals surface area contributed by atoms with E-state index in [2.05, 4.69) is 6.92 Å². The maximum Gasteiger partial charge on any atom is 0.0721 e. The molecule has 4 heteroatoms. The lowest BCUT2D eigenvalue weighted by Crippen LogP contribution is -2.29.